The average molecular weight is 330 g/mol. The Kier molecular flexibility index (Phi) is 5.98. The van der Waals surface area contributed by atoms with Crippen LogP contribution in [0.3, 0.4) is 0 Å². The van der Waals surface area contributed by atoms with E-state index in [2.05, 4.69) is 22.1 Å². The summed E-state index contributed by atoms with van der Waals surface area (Å²) < 4.78 is 1.95. The van der Waals surface area contributed by atoms with E-state index in [4.69, 9.17) is 0 Å². The van der Waals surface area contributed by atoms with Crippen LogP contribution in [0.4, 0.5) is 0 Å². The molecule has 0 aliphatic rings. The molecule has 2 aromatic rings. The van der Waals surface area contributed by atoms with Crippen molar-refractivity contribution in [1.82, 2.24) is 20.1 Å². The van der Waals surface area contributed by atoms with Crippen molar-refractivity contribution in [3.63, 3.8) is 0 Å². The van der Waals surface area contributed by atoms with E-state index in [1.807, 2.05) is 49.6 Å². The number of aromatic nitrogens is 3. The molecule has 1 amide bonds. The molecule has 5 nitrogen and oxygen atoms in total. The molecule has 1 atom stereocenters. The lowest BCUT2D eigenvalue weighted by atomic mass is 10.1. The van der Waals surface area contributed by atoms with E-state index in [0.717, 1.165) is 16.5 Å². The third-order valence-corrected chi connectivity index (χ3v) is 4.53. The summed E-state index contributed by atoms with van der Waals surface area (Å²) in [5, 5.41) is 11.6. The molecule has 0 aliphatic heterocycles. The molecule has 0 radical (unpaired) electrons. The molecule has 2 rings (SSSR count). The summed E-state index contributed by atoms with van der Waals surface area (Å²) >= 11 is 1.41. The second-order valence-corrected chi connectivity index (χ2v) is 6.70. The van der Waals surface area contributed by atoms with Gasteiger partial charge in [0.15, 0.2) is 5.16 Å². The predicted molar refractivity (Wildman–Crippen MR) is 93.3 cm³/mol. The first-order valence-electron chi connectivity index (χ1n) is 7.52. The van der Waals surface area contributed by atoms with E-state index in [1.165, 1.54) is 17.3 Å². The zero-order valence-corrected chi connectivity index (χ0v) is 14.6. The average Bonchev–Trinajstić information content (AvgIpc) is 2.87. The van der Waals surface area contributed by atoms with Crippen molar-refractivity contribution in [2.45, 2.75) is 44.3 Å². The third kappa shape index (κ3) is 4.69. The van der Waals surface area contributed by atoms with E-state index in [-0.39, 0.29) is 11.2 Å². The van der Waals surface area contributed by atoms with E-state index in [1.54, 1.807) is 6.08 Å². The van der Waals surface area contributed by atoms with Crippen LogP contribution >= 0.6 is 11.8 Å². The minimum atomic E-state index is -0.243. The second kappa shape index (κ2) is 7.97. The summed E-state index contributed by atoms with van der Waals surface area (Å²) in [7, 11) is 0. The first kappa shape index (κ1) is 17.3. The predicted octanol–water partition coefficient (Wildman–Crippen LogP) is 2.88. The van der Waals surface area contributed by atoms with Crippen LogP contribution in [0.2, 0.25) is 0 Å². The molecule has 0 spiro atoms. The van der Waals surface area contributed by atoms with Gasteiger partial charge >= 0.3 is 0 Å². The summed E-state index contributed by atoms with van der Waals surface area (Å²) in [5.41, 5.74) is 2.30. The smallest absolute Gasteiger partial charge is 0.233 e. The van der Waals surface area contributed by atoms with Crippen molar-refractivity contribution in [1.29, 1.82) is 0 Å². The van der Waals surface area contributed by atoms with Gasteiger partial charge in [0.2, 0.25) is 5.91 Å². The van der Waals surface area contributed by atoms with E-state index in [9.17, 15) is 4.79 Å². The summed E-state index contributed by atoms with van der Waals surface area (Å²) in [4.78, 5) is 12.3. The Morgan fingerprint density at radius 2 is 2.04 bits per heavy atom. The van der Waals surface area contributed by atoms with Gasteiger partial charge in [-0.1, -0.05) is 47.7 Å². The molecule has 0 saturated heterocycles. The largest absolute Gasteiger partial charge is 0.351 e. The molecule has 23 heavy (non-hydrogen) atoms. The molecule has 6 heteroatoms. The highest BCUT2D eigenvalue weighted by molar-refractivity contribution is 8.00. The molecular formula is C17H22N4OS. The van der Waals surface area contributed by atoms with Gasteiger partial charge in [-0.15, -0.1) is 16.8 Å². The van der Waals surface area contributed by atoms with Crippen LogP contribution in [0.15, 0.2) is 42.1 Å². The van der Waals surface area contributed by atoms with Crippen molar-refractivity contribution >= 4 is 17.7 Å². The lowest BCUT2D eigenvalue weighted by molar-refractivity contribution is -0.120. The number of allylic oxidation sites excluding steroid dienone is 1. The standard InChI is InChI=1S/C17H22N4OS/c1-5-10-21-14(4)19-20-17(21)23-13(3)16(22)18-11-15-8-6-12(2)7-9-15/h5-9,13H,1,10-11H2,2-4H3,(H,18,22). The number of thioether (sulfide) groups is 1. The molecule has 1 aromatic carbocycles. The van der Waals surface area contributed by atoms with Gasteiger partial charge in [-0.2, -0.15) is 0 Å². The van der Waals surface area contributed by atoms with E-state index < -0.39 is 0 Å². The first-order valence-corrected chi connectivity index (χ1v) is 8.40. The molecule has 1 unspecified atom stereocenters. The van der Waals surface area contributed by atoms with Gasteiger partial charge in [-0.25, -0.2) is 0 Å². The number of aryl methyl sites for hydroxylation is 2. The molecule has 1 heterocycles. The number of rotatable bonds is 7. The fourth-order valence-electron chi connectivity index (χ4n) is 2.04. The molecule has 1 aromatic heterocycles. The van der Waals surface area contributed by atoms with Gasteiger partial charge in [0.1, 0.15) is 5.82 Å². The number of hydrogen-bond donors (Lipinski definition) is 1. The van der Waals surface area contributed by atoms with Gasteiger partial charge in [0.25, 0.3) is 0 Å². The molecule has 0 aliphatic carbocycles. The maximum Gasteiger partial charge on any atom is 0.233 e. The molecule has 0 saturated carbocycles. The minimum absolute atomic E-state index is 0.0126. The Morgan fingerprint density at radius 1 is 1.35 bits per heavy atom. The summed E-state index contributed by atoms with van der Waals surface area (Å²) in [6.45, 7) is 10.7. The van der Waals surface area contributed by atoms with Crippen LogP contribution in [0.1, 0.15) is 23.9 Å². The lowest BCUT2D eigenvalue weighted by Crippen LogP contribution is -2.30. The molecular weight excluding hydrogens is 308 g/mol. The fourth-order valence-corrected chi connectivity index (χ4v) is 2.97. The lowest BCUT2D eigenvalue weighted by Gasteiger charge is -2.12. The quantitative estimate of drug-likeness (QED) is 0.626. The van der Waals surface area contributed by atoms with Crippen molar-refractivity contribution in [2.24, 2.45) is 0 Å². The maximum atomic E-state index is 12.3. The van der Waals surface area contributed by atoms with Crippen molar-refractivity contribution in [2.75, 3.05) is 0 Å². The number of hydrogen-bond acceptors (Lipinski definition) is 4. The van der Waals surface area contributed by atoms with Crippen LogP contribution in [0, 0.1) is 13.8 Å². The zero-order valence-electron chi connectivity index (χ0n) is 13.7. The van der Waals surface area contributed by atoms with Crippen LogP contribution in [-0.4, -0.2) is 25.9 Å². The monoisotopic (exact) mass is 330 g/mol. The maximum absolute atomic E-state index is 12.3. The number of carbonyl (C=O) groups is 1. The van der Waals surface area contributed by atoms with E-state index >= 15 is 0 Å². The SMILES string of the molecule is C=CCn1c(C)nnc1SC(C)C(=O)NCc1ccc(C)cc1. The van der Waals surface area contributed by atoms with Crippen molar-refractivity contribution in [3.8, 4) is 0 Å². The Balaban J connectivity index is 1.92. The van der Waals surface area contributed by atoms with E-state index in [0.29, 0.717) is 13.1 Å². The second-order valence-electron chi connectivity index (χ2n) is 5.39. The highest BCUT2D eigenvalue weighted by Crippen LogP contribution is 2.22. The van der Waals surface area contributed by atoms with Crippen molar-refractivity contribution in [3.05, 3.63) is 53.9 Å². The number of benzene rings is 1. The van der Waals surface area contributed by atoms with Crippen LogP contribution in [-0.2, 0) is 17.9 Å². The minimum Gasteiger partial charge on any atom is -0.351 e. The molecule has 0 bridgehead atoms. The summed E-state index contributed by atoms with van der Waals surface area (Å²) in [5.74, 6) is 0.807. The number of amides is 1. The van der Waals surface area contributed by atoms with Crippen LogP contribution < -0.4 is 5.32 Å². The Labute approximate surface area is 141 Å². The Morgan fingerprint density at radius 3 is 2.70 bits per heavy atom. The zero-order chi connectivity index (χ0) is 16.8. The number of carbonyl (C=O) groups excluding carboxylic acids is 1. The molecule has 122 valence electrons. The fraction of sp³-hybridized carbons (Fsp3) is 0.353. The summed E-state index contributed by atoms with van der Waals surface area (Å²) in [6.07, 6.45) is 1.79. The molecule has 1 N–H and O–H groups in total. The van der Waals surface area contributed by atoms with Gasteiger partial charge in [0.05, 0.1) is 5.25 Å². The first-order chi connectivity index (χ1) is 11.0. The Bertz CT molecular complexity index is 678. The van der Waals surface area contributed by atoms with Crippen LogP contribution in [0.25, 0.3) is 0 Å². The Hall–Kier alpha value is -2.08. The third-order valence-electron chi connectivity index (χ3n) is 3.45. The van der Waals surface area contributed by atoms with Crippen LogP contribution in [0.5, 0.6) is 0 Å². The van der Waals surface area contributed by atoms with Gasteiger partial charge < -0.3 is 9.88 Å². The highest BCUT2D eigenvalue weighted by atomic mass is 32.2. The number of nitrogens with zero attached hydrogens (tertiary/aromatic N) is 3. The normalized spacial score (nSPS) is 12.0. The topological polar surface area (TPSA) is 59.8 Å². The van der Waals surface area contributed by atoms with Crippen molar-refractivity contribution < 1.29 is 4.79 Å². The van der Waals surface area contributed by atoms with Gasteiger partial charge in [0, 0.05) is 13.1 Å². The number of nitrogens with one attached hydrogen (secondary N) is 1. The van der Waals surface area contributed by atoms with Gasteiger partial charge in [-0.3, -0.25) is 4.79 Å². The highest BCUT2D eigenvalue weighted by Gasteiger charge is 2.18. The molecule has 0 fully saturated rings. The summed E-state index contributed by atoms with van der Waals surface area (Å²) in [6, 6.07) is 8.13. The van der Waals surface area contributed by atoms with Gasteiger partial charge in [-0.05, 0) is 26.3 Å².